The van der Waals surface area contributed by atoms with Gasteiger partial charge in [-0.25, -0.2) is 4.79 Å². The fourth-order valence-electron chi connectivity index (χ4n) is 2.41. The number of carbonyl (C=O) groups excluding carboxylic acids is 1. The fourth-order valence-corrected chi connectivity index (χ4v) is 2.41. The molecule has 2 unspecified atom stereocenters. The summed E-state index contributed by atoms with van der Waals surface area (Å²) in [7, 11) is 0. The number of carboxylic acids is 1. The van der Waals surface area contributed by atoms with Crippen LogP contribution in [0.2, 0.25) is 0 Å². The zero-order valence-corrected chi connectivity index (χ0v) is 9.65. The maximum Gasteiger partial charge on any atom is 0.315 e. The lowest BCUT2D eigenvalue weighted by molar-refractivity contribution is -0.142. The van der Waals surface area contributed by atoms with Gasteiger partial charge >= 0.3 is 12.0 Å². The molecule has 1 saturated carbocycles. The quantitative estimate of drug-likeness (QED) is 0.665. The van der Waals surface area contributed by atoms with Gasteiger partial charge in [-0.05, 0) is 12.8 Å². The molecule has 6 nitrogen and oxygen atoms in total. The lowest BCUT2D eigenvalue weighted by Gasteiger charge is -2.18. The van der Waals surface area contributed by atoms with Crippen LogP contribution in [0.15, 0.2) is 0 Å². The van der Waals surface area contributed by atoms with Crippen molar-refractivity contribution >= 4 is 12.0 Å². The van der Waals surface area contributed by atoms with E-state index in [1.54, 1.807) is 0 Å². The molecular weight excluding hydrogens is 224 g/mol. The van der Waals surface area contributed by atoms with Crippen molar-refractivity contribution in [2.45, 2.75) is 37.8 Å². The lowest BCUT2D eigenvalue weighted by Crippen LogP contribution is -2.49. The van der Waals surface area contributed by atoms with Gasteiger partial charge in [-0.2, -0.15) is 0 Å². The van der Waals surface area contributed by atoms with Gasteiger partial charge in [-0.3, -0.25) is 4.79 Å². The molecule has 1 aliphatic carbocycles. The molecule has 2 aliphatic rings. The van der Waals surface area contributed by atoms with Crippen LogP contribution >= 0.6 is 0 Å². The monoisotopic (exact) mass is 242 g/mol. The number of carboxylic acid groups (broad SMARTS) is 1. The minimum atomic E-state index is -0.923. The molecular formula is C11H18N2O4. The van der Waals surface area contributed by atoms with Gasteiger partial charge in [-0.15, -0.1) is 0 Å². The summed E-state index contributed by atoms with van der Waals surface area (Å²) in [5.41, 5.74) is 0. The number of amides is 2. The lowest BCUT2D eigenvalue weighted by atomic mass is 10.0. The molecule has 96 valence electrons. The van der Waals surface area contributed by atoms with Crippen LogP contribution in [0.4, 0.5) is 4.79 Å². The highest BCUT2D eigenvalue weighted by molar-refractivity contribution is 5.77. The Balaban J connectivity index is 1.79. The number of aliphatic carboxylic acids is 1. The second-order valence-corrected chi connectivity index (χ2v) is 4.69. The van der Waals surface area contributed by atoms with Crippen molar-refractivity contribution in [3.05, 3.63) is 0 Å². The molecule has 1 aliphatic heterocycles. The Bertz CT molecular complexity index is 302. The largest absolute Gasteiger partial charge is 0.481 e. The van der Waals surface area contributed by atoms with Crippen LogP contribution in [-0.2, 0) is 9.53 Å². The molecule has 1 saturated heterocycles. The number of nitrogens with one attached hydrogen (secondary N) is 2. The third-order valence-electron chi connectivity index (χ3n) is 3.40. The maximum absolute atomic E-state index is 11.7. The molecule has 0 aromatic carbocycles. The standard InChI is InChI=1S/C11H18N2O4/c14-10(15)8-5-17-6-9(8)13-11(16)12-7-3-1-2-4-7/h7-9H,1-6H2,(H,14,15)(H2,12,13,16). The van der Waals surface area contributed by atoms with Gasteiger partial charge in [0.05, 0.1) is 19.3 Å². The van der Waals surface area contributed by atoms with Gasteiger partial charge in [0.2, 0.25) is 0 Å². The molecule has 2 rings (SSSR count). The zero-order valence-electron chi connectivity index (χ0n) is 9.65. The normalized spacial score (nSPS) is 29.2. The Kier molecular flexibility index (Phi) is 3.83. The molecule has 2 amide bonds. The molecule has 0 bridgehead atoms. The molecule has 0 aromatic heterocycles. The summed E-state index contributed by atoms with van der Waals surface area (Å²) in [6, 6.07) is -0.465. The van der Waals surface area contributed by atoms with E-state index in [1.165, 1.54) is 0 Å². The number of carbonyl (C=O) groups is 2. The first-order valence-corrected chi connectivity index (χ1v) is 6.04. The summed E-state index contributed by atoms with van der Waals surface area (Å²) < 4.78 is 5.08. The first-order chi connectivity index (χ1) is 8.16. The van der Waals surface area contributed by atoms with Gasteiger partial charge < -0.3 is 20.5 Å². The van der Waals surface area contributed by atoms with E-state index in [9.17, 15) is 9.59 Å². The van der Waals surface area contributed by atoms with Gasteiger partial charge in [0.15, 0.2) is 0 Å². The van der Waals surface area contributed by atoms with Crippen molar-refractivity contribution < 1.29 is 19.4 Å². The first-order valence-electron chi connectivity index (χ1n) is 6.04. The molecule has 2 fully saturated rings. The number of urea groups is 1. The van der Waals surface area contributed by atoms with Crippen LogP contribution in [0.25, 0.3) is 0 Å². The van der Waals surface area contributed by atoms with Crippen molar-refractivity contribution in [3.8, 4) is 0 Å². The second kappa shape index (κ2) is 5.35. The van der Waals surface area contributed by atoms with Gasteiger partial charge in [0, 0.05) is 6.04 Å². The molecule has 1 heterocycles. The van der Waals surface area contributed by atoms with Crippen LogP contribution in [0.5, 0.6) is 0 Å². The smallest absolute Gasteiger partial charge is 0.315 e. The Morgan fingerprint density at radius 2 is 1.82 bits per heavy atom. The van der Waals surface area contributed by atoms with E-state index in [0.717, 1.165) is 25.7 Å². The molecule has 2 atom stereocenters. The van der Waals surface area contributed by atoms with E-state index in [0.29, 0.717) is 0 Å². The average molecular weight is 242 g/mol. The van der Waals surface area contributed by atoms with Gasteiger partial charge in [-0.1, -0.05) is 12.8 Å². The van der Waals surface area contributed by atoms with Crippen molar-refractivity contribution in [2.24, 2.45) is 5.92 Å². The van der Waals surface area contributed by atoms with E-state index in [4.69, 9.17) is 9.84 Å². The van der Waals surface area contributed by atoms with Crippen LogP contribution in [0.3, 0.4) is 0 Å². The summed E-state index contributed by atoms with van der Waals surface area (Å²) >= 11 is 0. The van der Waals surface area contributed by atoms with Gasteiger partial charge in [0.25, 0.3) is 0 Å². The first kappa shape index (κ1) is 12.2. The Morgan fingerprint density at radius 3 is 2.47 bits per heavy atom. The minimum absolute atomic E-state index is 0.170. The topological polar surface area (TPSA) is 87.7 Å². The molecule has 3 N–H and O–H groups in total. The summed E-state index contributed by atoms with van der Waals surface area (Å²) in [5.74, 6) is -1.56. The number of rotatable bonds is 3. The van der Waals surface area contributed by atoms with E-state index in [1.807, 2.05) is 0 Å². The Hall–Kier alpha value is -1.30. The fraction of sp³-hybridized carbons (Fsp3) is 0.818. The van der Waals surface area contributed by atoms with Crippen LogP contribution in [0.1, 0.15) is 25.7 Å². The number of hydrogen-bond donors (Lipinski definition) is 3. The van der Waals surface area contributed by atoms with E-state index < -0.39 is 17.9 Å². The van der Waals surface area contributed by atoms with Gasteiger partial charge in [0.1, 0.15) is 5.92 Å². The van der Waals surface area contributed by atoms with Crippen molar-refractivity contribution in [3.63, 3.8) is 0 Å². The van der Waals surface area contributed by atoms with Crippen molar-refractivity contribution in [2.75, 3.05) is 13.2 Å². The molecule has 17 heavy (non-hydrogen) atoms. The van der Waals surface area contributed by atoms with E-state index in [2.05, 4.69) is 10.6 Å². The molecule has 0 aromatic rings. The van der Waals surface area contributed by atoms with E-state index >= 15 is 0 Å². The predicted molar refractivity (Wildman–Crippen MR) is 59.7 cm³/mol. The number of hydrogen-bond acceptors (Lipinski definition) is 3. The van der Waals surface area contributed by atoms with Crippen LogP contribution in [-0.4, -0.2) is 42.4 Å². The summed E-state index contributed by atoms with van der Waals surface area (Å²) in [6.07, 6.45) is 4.32. The highest BCUT2D eigenvalue weighted by atomic mass is 16.5. The predicted octanol–water partition coefficient (Wildman–Crippen LogP) is 0.328. The second-order valence-electron chi connectivity index (χ2n) is 4.69. The van der Waals surface area contributed by atoms with Crippen LogP contribution in [0, 0.1) is 5.92 Å². The third-order valence-corrected chi connectivity index (χ3v) is 3.40. The molecule has 0 spiro atoms. The maximum atomic E-state index is 11.7. The summed E-state index contributed by atoms with van der Waals surface area (Å²) in [6.45, 7) is 0.443. The zero-order chi connectivity index (χ0) is 12.3. The van der Waals surface area contributed by atoms with Crippen LogP contribution < -0.4 is 10.6 Å². The molecule has 0 radical (unpaired) electrons. The van der Waals surface area contributed by atoms with E-state index in [-0.39, 0.29) is 25.3 Å². The highest BCUT2D eigenvalue weighted by Gasteiger charge is 2.35. The Labute approximate surface area is 99.7 Å². The minimum Gasteiger partial charge on any atom is -0.481 e. The van der Waals surface area contributed by atoms with Crippen molar-refractivity contribution in [1.29, 1.82) is 0 Å². The third kappa shape index (κ3) is 3.09. The summed E-state index contributed by atoms with van der Waals surface area (Å²) in [4.78, 5) is 22.5. The Morgan fingerprint density at radius 1 is 1.12 bits per heavy atom. The summed E-state index contributed by atoms with van der Waals surface area (Å²) in [5, 5.41) is 14.5. The SMILES string of the molecule is O=C(NC1CCCC1)NC1COCC1C(=O)O. The van der Waals surface area contributed by atoms with Crippen molar-refractivity contribution in [1.82, 2.24) is 10.6 Å². The number of ether oxygens (including phenoxy) is 1. The highest BCUT2D eigenvalue weighted by Crippen LogP contribution is 2.18. The average Bonchev–Trinajstić information content (AvgIpc) is 2.88. The molecule has 6 heteroatoms.